The van der Waals surface area contributed by atoms with E-state index in [9.17, 15) is 9.59 Å². The Bertz CT molecular complexity index is 635. The number of carboxylic acid groups (broad SMARTS) is 1. The Morgan fingerprint density at radius 1 is 1.30 bits per heavy atom. The molecule has 104 valence electrons. The highest BCUT2D eigenvalue weighted by Crippen LogP contribution is 2.16. The summed E-state index contributed by atoms with van der Waals surface area (Å²) in [7, 11) is 0. The zero-order valence-electron chi connectivity index (χ0n) is 11.2. The number of aromatic nitrogens is 1. The summed E-state index contributed by atoms with van der Waals surface area (Å²) in [5.74, 6) is -1.40. The molecule has 0 radical (unpaired) electrons. The maximum Gasteiger partial charge on any atom is 0.326 e. The molecule has 0 aliphatic heterocycles. The standard InChI is InChI=1S/C15H16N2O3/c1-2-5-13(15(19)20)17-14(18)11-8-9-16-12-7-4-3-6-10(11)12/h3-4,6-9,13H,2,5H2,1H3,(H,17,18)(H,19,20)/t13-/m1/s1. The summed E-state index contributed by atoms with van der Waals surface area (Å²) in [6.07, 6.45) is 2.64. The fourth-order valence-corrected chi connectivity index (χ4v) is 2.08. The van der Waals surface area contributed by atoms with Crippen LogP contribution in [-0.4, -0.2) is 28.0 Å². The molecular weight excluding hydrogens is 256 g/mol. The highest BCUT2D eigenvalue weighted by atomic mass is 16.4. The molecule has 0 aliphatic rings. The van der Waals surface area contributed by atoms with Crippen molar-refractivity contribution in [1.82, 2.24) is 10.3 Å². The zero-order valence-corrected chi connectivity index (χ0v) is 11.2. The van der Waals surface area contributed by atoms with Crippen molar-refractivity contribution >= 4 is 22.8 Å². The molecule has 0 unspecified atom stereocenters. The summed E-state index contributed by atoms with van der Waals surface area (Å²) in [6, 6.07) is 8.01. The Balaban J connectivity index is 2.29. The van der Waals surface area contributed by atoms with Gasteiger partial charge in [-0.25, -0.2) is 4.79 Å². The fraction of sp³-hybridized carbons (Fsp3) is 0.267. The number of aliphatic carboxylic acids is 1. The lowest BCUT2D eigenvalue weighted by molar-refractivity contribution is -0.139. The predicted octanol–water partition coefficient (Wildman–Crippen LogP) is 2.22. The van der Waals surface area contributed by atoms with Crippen LogP contribution in [-0.2, 0) is 4.79 Å². The Kier molecular flexibility index (Phi) is 4.30. The second-order valence-corrected chi connectivity index (χ2v) is 4.53. The molecular formula is C15H16N2O3. The van der Waals surface area contributed by atoms with Gasteiger partial charge in [0.25, 0.3) is 5.91 Å². The Labute approximate surface area is 116 Å². The second-order valence-electron chi connectivity index (χ2n) is 4.53. The molecule has 1 aromatic carbocycles. The number of nitrogens with one attached hydrogen (secondary N) is 1. The predicted molar refractivity (Wildman–Crippen MR) is 75.5 cm³/mol. The van der Waals surface area contributed by atoms with Gasteiger partial charge < -0.3 is 10.4 Å². The van der Waals surface area contributed by atoms with E-state index in [1.165, 1.54) is 0 Å². The quantitative estimate of drug-likeness (QED) is 0.874. The number of nitrogens with zero attached hydrogens (tertiary/aromatic N) is 1. The third-order valence-electron chi connectivity index (χ3n) is 3.07. The minimum Gasteiger partial charge on any atom is -0.480 e. The third-order valence-corrected chi connectivity index (χ3v) is 3.07. The van der Waals surface area contributed by atoms with E-state index in [2.05, 4.69) is 10.3 Å². The van der Waals surface area contributed by atoms with Gasteiger partial charge in [0.2, 0.25) is 0 Å². The van der Waals surface area contributed by atoms with Crippen LogP contribution in [0.4, 0.5) is 0 Å². The fourth-order valence-electron chi connectivity index (χ4n) is 2.08. The number of carbonyl (C=O) groups excluding carboxylic acids is 1. The number of hydrogen-bond donors (Lipinski definition) is 2. The lowest BCUT2D eigenvalue weighted by atomic mass is 10.1. The van der Waals surface area contributed by atoms with Crippen LogP contribution in [0.5, 0.6) is 0 Å². The number of rotatable bonds is 5. The lowest BCUT2D eigenvalue weighted by Crippen LogP contribution is -2.40. The molecule has 1 amide bonds. The molecule has 1 atom stereocenters. The number of benzene rings is 1. The van der Waals surface area contributed by atoms with Crippen molar-refractivity contribution in [3.8, 4) is 0 Å². The first-order valence-corrected chi connectivity index (χ1v) is 6.51. The highest BCUT2D eigenvalue weighted by Gasteiger charge is 2.20. The number of fused-ring (bicyclic) bond motifs is 1. The van der Waals surface area contributed by atoms with Crippen molar-refractivity contribution in [2.45, 2.75) is 25.8 Å². The van der Waals surface area contributed by atoms with Crippen molar-refractivity contribution in [1.29, 1.82) is 0 Å². The van der Waals surface area contributed by atoms with Crippen molar-refractivity contribution in [3.63, 3.8) is 0 Å². The maximum absolute atomic E-state index is 12.2. The van der Waals surface area contributed by atoms with E-state index < -0.39 is 12.0 Å². The van der Waals surface area contributed by atoms with Gasteiger partial charge >= 0.3 is 5.97 Å². The molecule has 1 aromatic heterocycles. The van der Waals surface area contributed by atoms with Crippen LogP contribution in [0, 0.1) is 0 Å². The van der Waals surface area contributed by atoms with E-state index in [-0.39, 0.29) is 5.91 Å². The summed E-state index contributed by atoms with van der Waals surface area (Å²) in [6.45, 7) is 1.88. The molecule has 0 aliphatic carbocycles. The molecule has 1 heterocycles. The van der Waals surface area contributed by atoms with Gasteiger partial charge in [-0.2, -0.15) is 0 Å². The van der Waals surface area contributed by atoms with Crippen LogP contribution in [0.2, 0.25) is 0 Å². The van der Waals surface area contributed by atoms with Crippen LogP contribution in [0.3, 0.4) is 0 Å². The first kappa shape index (κ1) is 14.0. The Hall–Kier alpha value is -2.43. The maximum atomic E-state index is 12.2. The zero-order chi connectivity index (χ0) is 14.5. The average molecular weight is 272 g/mol. The molecule has 2 rings (SSSR count). The van der Waals surface area contributed by atoms with Crippen LogP contribution in [0.1, 0.15) is 30.1 Å². The summed E-state index contributed by atoms with van der Waals surface area (Å²) >= 11 is 0. The molecule has 0 spiro atoms. The first-order chi connectivity index (χ1) is 9.63. The topological polar surface area (TPSA) is 79.3 Å². The van der Waals surface area contributed by atoms with Crippen molar-refractivity contribution in [3.05, 3.63) is 42.1 Å². The molecule has 20 heavy (non-hydrogen) atoms. The van der Waals surface area contributed by atoms with Gasteiger partial charge in [0.05, 0.1) is 11.1 Å². The van der Waals surface area contributed by atoms with Crippen molar-refractivity contribution in [2.24, 2.45) is 0 Å². The smallest absolute Gasteiger partial charge is 0.326 e. The molecule has 0 saturated carbocycles. The van der Waals surface area contributed by atoms with Gasteiger partial charge in [0.1, 0.15) is 6.04 Å². The second kappa shape index (κ2) is 6.14. The molecule has 0 bridgehead atoms. The monoisotopic (exact) mass is 272 g/mol. The summed E-state index contributed by atoms with van der Waals surface area (Å²) in [4.78, 5) is 27.5. The van der Waals surface area contributed by atoms with Crippen LogP contribution >= 0.6 is 0 Å². The minimum absolute atomic E-state index is 0.385. The normalized spacial score (nSPS) is 12.1. The van der Waals surface area contributed by atoms with Gasteiger partial charge in [-0.3, -0.25) is 9.78 Å². The molecule has 0 fully saturated rings. The van der Waals surface area contributed by atoms with Gasteiger partial charge in [-0.15, -0.1) is 0 Å². The Morgan fingerprint density at radius 3 is 2.75 bits per heavy atom. The number of para-hydroxylation sites is 1. The molecule has 0 saturated heterocycles. The largest absolute Gasteiger partial charge is 0.480 e. The summed E-state index contributed by atoms with van der Waals surface area (Å²) < 4.78 is 0. The van der Waals surface area contributed by atoms with Crippen LogP contribution in [0.25, 0.3) is 10.9 Å². The van der Waals surface area contributed by atoms with Gasteiger partial charge in [-0.05, 0) is 18.6 Å². The van der Waals surface area contributed by atoms with Crippen LogP contribution in [0.15, 0.2) is 36.5 Å². The van der Waals surface area contributed by atoms with E-state index in [4.69, 9.17) is 5.11 Å². The Morgan fingerprint density at radius 2 is 2.05 bits per heavy atom. The summed E-state index contributed by atoms with van der Waals surface area (Å²) in [5, 5.41) is 12.4. The van der Waals surface area contributed by atoms with Crippen molar-refractivity contribution < 1.29 is 14.7 Å². The SMILES string of the molecule is CCC[C@@H](NC(=O)c1ccnc2ccccc12)C(=O)O. The summed E-state index contributed by atoms with van der Waals surface area (Å²) in [5.41, 5.74) is 1.15. The molecule has 5 nitrogen and oxygen atoms in total. The minimum atomic E-state index is -1.02. The number of hydrogen-bond acceptors (Lipinski definition) is 3. The third kappa shape index (κ3) is 2.93. The van der Waals surface area contributed by atoms with Gasteiger partial charge in [0.15, 0.2) is 0 Å². The number of carbonyl (C=O) groups is 2. The lowest BCUT2D eigenvalue weighted by Gasteiger charge is -2.14. The molecule has 5 heteroatoms. The van der Waals surface area contributed by atoms with E-state index in [0.29, 0.717) is 29.3 Å². The molecule has 2 aromatic rings. The van der Waals surface area contributed by atoms with E-state index >= 15 is 0 Å². The van der Waals surface area contributed by atoms with E-state index in [1.807, 2.05) is 25.1 Å². The number of amides is 1. The van der Waals surface area contributed by atoms with Gasteiger partial charge in [0, 0.05) is 11.6 Å². The number of pyridine rings is 1. The molecule has 2 N–H and O–H groups in total. The first-order valence-electron chi connectivity index (χ1n) is 6.51. The van der Waals surface area contributed by atoms with Gasteiger partial charge in [-0.1, -0.05) is 31.5 Å². The highest BCUT2D eigenvalue weighted by molar-refractivity contribution is 6.06. The van der Waals surface area contributed by atoms with E-state index in [0.717, 1.165) is 0 Å². The number of carboxylic acids is 1. The van der Waals surface area contributed by atoms with Crippen LogP contribution < -0.4 is 5.32 Å². The average Bonchev–Trinajstić information content (AvgIpc) is 2.46. The van der Waals surface area contributed by atoms with Crippen molar-refractivity contribution in [2.75, 3.05) is 0 Å². The van der Waals surface area contributed by atoms with E-state index in [1.54, 1.807) is 18.3 Å².